The summed E-state index contributed by atoms with van der Waals surface area (Å²) in [6, 6.07) is -8.40. The number of nitrogens with one attached hydrogen (secondary N) is 7. The van der Waals surface area contributed by atoms with Crippen molar-refractivity contribution >= 4 is 47.3 Å². The summed E-state index contributed by atoms with van der Waals surface area (Å²) in [5.74, 6) is -2.08. The van der Waals surface area contributed by atoms with E-state index in [1.807, 2.05) is 0 Å². The maximum Gasteiger partial charge on any atom is 0.325 e. The summed E-state index contributed by atoms with van der Waals surface area (Å²) in [5, 5.41) is 26.4. The number of rotatable bonds is 25. The molecule has 0 aromatic heterocycles. The van der Waals surface area contributed by atoms with E-state index < -0.39 is 89.6 Å². The molecule has 18 nitrogen and oxygen atoms in total. The van der Waals surface area contributed by atoms with Gasteiger partial charge >= 0.3 is 5.97 Å². The van der Waals surface area contributed by atoms with Gasteiger partial charge in [-0.1, -0.05) is 13.8 Å². The van der Waals surface area contributed by atoms with Crippen LogP contribution in [0.25, 0.3) is 0 Å². The lowest BCUT2D eigenvalue weighted by atomic mass is 10.1. The topological polar surface area (TPSA) is 293 Å². The van der Waals surface area contributed by atoms with Crippen LogP contribution in [0.2, 0.25) is 0 Å². The Morgan fingerprint density at radius 2 is 0.811 bits per heavy atom. The zero-order valence-corrected chi connectivity index (χ0v) is 31.2. The Hall–Kier alpha value is -5.20. The minimum atomic E-state index is -1.33. The number of hydrogen-bond donors (Lipinski definition) is 10. The first-order valence-corrected chi connectivity index (χ1v) is 17.6. The van der Waals surface area contributed by atoms with Crippen molar-refractivity contribution in [1.82, 2.24) is 37.2 Å². The zero-order chi connectivity index (χ0) is 40.7. The van der Waals surface area contributed by atoms with E-state index in [2.05, 4.69) is 49.1 Å². The molecule has 0 aromatic rings. The Kier molecular flexibility index (Phi) is 23.2. The summed E-state index contributed by atoms with van der Waals surface area (Å²) in [4.78, 5) is 102. The Labute approximate surface area is 311 Å². The summed E-state index contributed by atoms with van der Waals surface area (Å²) < 4.78 is 0. The van der Waals surface area contributed by atoms with Gasteiger partial charge in [0.2, 0.25) is 41.4 Å². The van der Waals surface area contributed by atoms with Gasteiger partial charge in [0.25, 0.3) is 0 Å². The standard InChI is InChI=1S/C35H57N9O9/c1-8-14-24(31(48)38-21(5)29(46)40-23(7)35(52)53)44-34(51)27(17-11-13-19-37)42-30(47)22(6)39-32(49)25(15-9-2)43-33(50)26(16-10-12-18-36)41-28(45)20(3)4/h1-2,20-27H,10-19,36-37H2,3-7H3,(H,38,48)(H,39,49)(H,40,46)(H,41,45)(H,42,47)(H,43,50)(H,44,51)(H,52,53)/t21-,22-,23-,24-,25-,26-,27-/m0/s1. The number of aliphatic carboxylic acids is 1. The van der Waals surface area contributed by atoms with Crippen LogP contribution in [0.4, 0.5) is 0 Å². The highest BCUT2D eigenvalue weighted by atomic mass is 16.4. The number of unbranched alkanes of at least 4 members (excludes halogenated alkanes) is 2. The van der Waals surface area contributed by atoms with Gasteiger partial charge in [0.1, 0.15) is 42.3 Å². The third-order valence-corrected chi connectivity index (χ3v) is 7.83. The van der Waals surface area contributed by atoms with Crippen molar-refractivity contribution < 1.29 is 43.5 Å². The molecule has 0 rings (SSSR count). The van der Waals surface area contributed by atoms with Crippen LogP contribution in [0.5, 0.6) is 0 Å². The molecule has 18 heteroatoms. The minimum absolute atomic E-state index is 0.0924. The number of carbonyl (C=O) groups is 8. The van der Waals surface area contributed by atoms with Crippen molar-refractivity contribution in [3.8, 4) is 24.7 Å². The van der Waals surface area contributed by atoms with Gasteiger partial charge in [-0.3, -0.25) is 38.4 Å². The molecule has 0 aliphatic rings. The second kappa shape index (κ2) is 25.7. The van der Waals surface area contributed by atoms with Crippen molar-refractivity contribution in [2.75, 3.05) is 13.1 Å². The van der Waals surface area contributed by atoms with E-state index in [1.54, 1.807) is 13.8 Å². The highest BCUT2D eigenvalue weighted by molar-refractivity contribution is 5.97. The maximum atomic E-state index is 13.4. The summed E-state index contributed by atoms with van der Waals surface area (Å²) >= 11 is 0. The summed E-state index contributed by atoms with van der Waals surface area (Å²) in [6.07, 6.45) is 12.8. The first-order chi connectivity index (χ1) is 24.9. The molecule has 0 aromatic carbocycles. The second-order valence-electron chi connectivity index (χ2n) is 12.8. The number of hydrogen-bond acceptors (Lipinski definition) is 10. The summed E-state index contributed by atoms with van der Waals surface area (Å²) in [5.41, 5.74) is 11.2. The van der Waals surface area contributed by atoms with E-state index in [0.717, 1.165) is 0 Å². The molecule has 0 unspecified atom stereocenters. The average molecular weight is 748 g/mol. The number of carboxylic acids is 1. The normalized spacial score (nSPS) is 14.6. The molecule has 53 heavy (non-hydrogen) atoms. The molecule has 0 aliphatic carbocycles. The quantitative estimate of drug-likeness (QED) is 0.0344. The van der Waals surface area contributed by atoms with Crippen molar-refractivity contribution in [1.29, 1.82) is 0 Å². The van der Waals surface area contributed by atoms with Crippen molar-refractivity contribution in [3.63, 3.8) is 0 Å². The van der Waals surface area contributed by atoms with E-state index in [0.29, 0.717) is 38.8 Å². The SMILES string of the molecule is C#CC[C@H](NC(=O)[C@H](CCCCN)NC(=O)C(C)C)C(=O)N[C@@H](C)C(=O)N[C@@H](CCCCN)C(=O)N[C@@H](CC#C)C(=O)N[C@@H](C)C(=O)N[C@@H](C)C(=O)O. The number of carbonyl (C=O) groups excluding carboxylic acids is 7. The first-order valence-electron chi connectivity index (χ1n) is 17.6. The van der Waals surface area contributed by atoms with Crippen LogP contribution in [0, 0.1) is 30.6 Å². The maximum absolute atomic E-state index is 13.4. The van der Waals surface area contributed by atoms with Crippen molar-refractivity contribution in [3.05, 3.63) is 0 Å². The molecular weight excluding hydrogens is 690 g/mol. The molecule has 296 valence electrons. The highest BCUT2D eigenvalue weighted by Gasteiger charge is 2.32. The second-order valence-corrected chi connectivity index (χ2v) is 12.8. The molecule has 0 fully saturated rings. The van der Waals surface area contributed by atoms with Crippen LogP contribution in [-0.4, -0.2) is 108 Å². The number of terminal acetylenes is 2. The zero-order valence-electron chi connectivity index (χ0n) is 31.2. The molecule has 12 N–H and O–H groups in total. The summed E-state index contributed by atoms with van der Waals surface area (Å²) in [6.45, 7) is 7.93. The highest BCUT2D eigenvalue weighted by Crippen LogP contribution is 2.07. The van der Waals surface area contributed by atoms with Crippen molar-refractivity contribution in [2.45, 2.75) is 128 Å². The van der Waals surface area contributed by atoms with Crippen molar-refractivity contribution in [2.24, 2.45) is 17.4 Å². The first kappa shape index (κ1) is 47.8. The lowest BCUT2D eigenvalue weighted by molar-refractivity contribution is -0.141. The van der Waals surface area contributed by atoms with Crippen LogP contribution in [-0.2, 0) is 38.4 Å². The third-order valence-electron chi connectivity index (χ3n) is 7.83. The molecule has 0 radical (unpaired) electrons. The molecule has 0 saturated heterocycles. The molecule has 0 bridgehead atoms. The minimum Gasteiger partial charge on any atom is -0.480 e. The van der Waals surface area contributed by atoms with Gasteiger partial charge in [-0.05, 0) is 72.4 Å². The Balaban J connectivity index is 5.78. The monoisotopic (exact) mass is 747 g/mol. The van der Waals surface area contributed by atoms with Crippen LogP contribution in [0.15, 0.2) is 0 Å². The van der Waals surface area contributed by atoms with E-state index in [-0.39, 0.29) is 31.6 Å². The van der Waals surface area contributed by atoms with Gasteiger partial charge in [-0.15, -0.1) is 24.7 Å². The van der Waals surface area contributed by atoms with E-state index in [4.69, 9.17) is 29.4 Å². The fourth-order valence-electron chi connectivity index (χ4n) is 4.52. The number of amides is 7. The molecule has 0 heterocycles. The summed E-state index contributed by atoms with van der Waals surface area (Å²) in [7, 11) is 0. The molecule has 0 saturated carbocycles. The Morgan fingerprint density at radius 3 is 1.15 bits per heavy atom. The molecular formula is C35H57N9O9. The van der Waals surface area contributed by atoms with E-state index >= 15 is 0 Å². The molecule has 0 spiro atoms. The fraction of sp³-hybridized carbons (Fsp3) is 0.657. The van der Waals surface area contributed by atoms with Gasteiger partial charge in [0.15, 0.2) is 0 Å². The van der Waals surface area contributed by atoms with Gasteiger partial charge in [0, 0.05) is 18.8 Å². The molecule has 7 atom stereocenters. The predicted octanol–water partition coefficient (Wildman–Crippen LogP) is -2.52. The van der Waals surface area contributed by atoms with E-state index in [1.165, 1.54) is 20.8 Å². The molecule has 0 aliphatic heterocycles. The lowest BCUT2D eigenvalue weighted by Gasteiger charge is -2.26. The Morgan fingerprint density at radius 1 is 0.491 bits per heavy atom. The Bertz CT molecular complexity index is 1360. The fourth-order valence-corrected chi connectivity index (χ4v) is 4.52. The van der Waals surface area contributed by atoms with Gasteiger partial charge in [-0.25, -0.2) is 0 Å². The smallest absolute Gasteiger partial charge is 0.325 e. The predicted molar refractivity (Wildman–Crippen MR) is 196 cm³/mol. The van der Waals surface area contributed by atoms with Crippen LogP contribution in [0.3, 0.4) is 0 Å². The van der Waals surface area contributed by atoms with Crippen LogP contribution in [0.1, 0.15) is 86.0 Å². The largest absolute Gasteiger partial charge is 0.480 e. The van der Waals surface area contributed by atoms with Crippen LogP contribution >= 0.6 is 0 Å². The average Bonchev–Trinajstić information content (AvgIpc) is 3.09. The third kappa shape index (κ3) is 18.7. The van der Waals surface area contributed by atoms with Crippen LogP contribution < -0.4 is 48.7 Å². The lowest BCUT2D eigenvalue weighted by Crippen LogP contribution is -2.59. The van der Waals surface area contributed by atoms with E-state index in [9.17, 15) is 38.4 Å². The molecule has 7 amide bonds. The van der Waals surface area contributed by atoms with Gasteiger partial charge in [-0.2, -0.15) is 0 Å². The number of nitrogens with two attached hydrogens (primary N) is 2. The van der Waals surface area contributed by atoms with Gasteiger partial charge in [0.05, 0.1) is 0 Å². The van der Waals surface area contributed by atoms with Gasteiger partial charge < -0.3 is 53.8 Å². The number of carboxylic acid groups (broad SMARTS) is 1.